The highest BCUT2D eigenvalue weighted by molar-refractivity contribution is 5.88. The maximum Gasteiger partial charge on any atom is 0.352 e. The van der Waals surface area contributed by atoms with Crippen LogP contribution < -0.4 is 11.2 Å². The van der Waals surface area contributed by atoms with Crippen LogP contribution in [0.5, 0.6) is 0 Å². The second-order valence-electron chi connectivity index (χ2n) is 5.96. The fourth-order valence-corrected chi connectivity index (χ4v) is 3.01. The van der Waals surface area contributed by atoms with Crippen molar-refractivity contribution in [2.24, 2.45) is 7.05 Å². The quantitative estimate of drug-likeness (QED) is 0.308. The summed E-state index contributed by atoms with van der Waals surface area (Å²) in [6.07, 6.45) is 0. The molecular formula is C18H11FN4O4. The zero-order chi connectivity index (χ0) is 19.3. The third kappa shape index (κ3) is 2.56. The van der Waals surface area contributed by atoms with Crippen molar-refractivity contribution in [3.05, 3.63) is 85.3 Å². The first-order valence-corrected chi connectivity index (χ1v) is 7.84. The Bertz CT molecular complexity index is 1330. The molecule has 0 bridgehead atoms. The van der Waals surface area contributed by atoms with Crippen molar-refractivity contribution in [3.8, 4) is 17.1 Å². The summed E-state index contributed by atoms with van der Waals surface area (Å²) in [5, 5.41) is 11.5. The molecule has 9 heteroatoms. The molecule has 4 rings (SSSR count). The van der Waals surface area contributed by atoms with E-state index in [2.05, 4.69) is 4.98 Å². The van der Waals surface area contributed by atoms with E-state index in [9.17, 15) is 24.1 Å². The first-order chi connectivity index (χ1) is 12.9. The van der Waals surface area contributed by atoms with Gasteiger partial charge in [-0.3, -0.25) is 24.0 Å². The Labute approximate surface area is 150 Å². The lowest BCUT2D eigenvalue weighted by Crippen LogP contribution is -2.35. The van der Waals surface area contributed by atoms with E-state index in [0.29, 0.717) is 16.6 Å². The molecule has 0 saturated carbocycles. The average Bonchev–Trinajstić information content (AvgIpc) is 2.64. The van der Waals surface area contributed by atoms with E-state index in [1.807, 2.05) is 0 Å². The van der Waals surface area contributed by atoms with Crippen molar-refractivity contribution >= 4 is 16.6 Å². The number of nitro benzene ring substituents is 1. The molecule has 0 N–H and O–H groups in total. The Kier molecular flexibility index (Phi) is 3.58. The number of pyridine rings is 1. The van der Waals surface area contributed by atoms with Gasteiger partial charge in [-0.05, 0) is 30.3 Å². The van der Waals surface area contributed by atoms with E-state index in [1.54, 1.807) is 6.07 Å². The van der Waals surface area contributed by atoms with Crippen LogP contribution in [0.4, 0.5) is 10.1 Å². The van der Waals surface area contributed by atoms with Gasteiger partial charge in [0.15, 0.2) is 5.82 Å². The molecule has 0 radical (unpaired) electrons. The zero-order valence-electron chi connectivity index (χ0n) is 13.9. The number of hydrogen-bond acceptors (Lipinski definition) is 5. The molecule has 0 fully saturated rings. The zero-order valence-corrected chi connectivity index (χ0v) is 13.9. The van der Waals surface area contributed by atoms with Crippen LogP contribution in [0.2, 0.25) is 0 Å². The number of aromatic nitrogens is 3. The van der Waals surface area contributed by atoms with Crippen LogP contribution in [0, 0.1) is 15.9 Å². The molecule has 0 saturated heterocycles. The second-order valence-corrected chi connectivity index (χ2v) is 5.96. The second kappa shape index (κ2) is 5.84. The van der Waals surface area contributed by atoms with Crippen molar-refractivity contribution in [1.82, 2.24) is 14.1 Å². The summed E-state index contributed by atoms with van der Waals surface area (Å²) < 4.78 is 16.1. The minimum Gasteiger partial charge on any atom is -0.293 e. The number of nitro groups is 1. The predicted octanol–water partition coefficient (Wildman–Crippen LogP) is 2.24. The third-order valence-electron chi connectivity index (χ3n) is 4.31. The first-order valence-electron chi connectivity index (χ1n) is 7.84. The number of non-ortho nitro benzene ring substituents is 1. The van der Waals surface area contributed by atoms with Crippen molar-refractivity contribution in [1.29, 1.82) is 0 Å². The molecule has 0 aromatic heterocycles. The van der Waals surface area contributed by atoms with Crippen LogP contribution in [-0.2, 0) is 7.05 Å². The Morgan fingerprint density at radius 2 is 1.89 bits per heavy atom. The lowest BCUT2D eigenvalue weighted by Gasteiger charge is -2.18. The molecule has 2 aliphatic heterocycles. The summed E-state index contributed by atoms with van der Waals surface area (Å²) in [6.45, 7) is 0. The number of hydrogen-bond donors (Lipinski definition) is 0. The van der Waals surface area contributed by atoms with E-state index < -0.39 is 22.0 Å². The van der Waals surface area contributed by atoms with Gasteiger partial charge in [0.05, 0.1) is 21.7 Å². The van der Waals surface area contributed by atoms with Gasteiger partial charge < -0.3 is 0 Å². The summed E-state index contributed by atoms with van der Waals surface area (Å²) in [5.74, 6) is -0.465. The van der Waals surface area contributed by atoms with Crippen LogP contribution in [0.1, 0.15) is 0 Å². The molecule has 0 spiro atoms. The Hall–Kier alpha value is -3.88. The molecule has 0 aliphatic carbocycles. The normalized spacial score (nSPS) is 11.2. The Morgan fingerprint density at radius 3 is 2.59 bits per heavy atom. The monoisotopic (exact) mass is 366 g/mol. The predicted molar refractivity (Wildman–Crippen MR) is 95.8 cm³/mol. The van der Waals surface area contributed by atoms with Crippen molar-refractivity contribution in [2.45, 2.75) is 0 Å². The average molecular weight is 366 g/mol. The fraction of sp³-hybridized carbons (Fsp3) is 0.0556. The maximum absolute atomic E-state index is 13.8. The summed E-state index contributed by atoms with van der Waals surface area (Å²) in [6, 6.07) is 11.1. The first kappa shape index (κ1) is 16.6. The summed E-state index contributed by atoms with van der Waals surface area (Å²) >= 11 is 0. The van der Waals surface area contributed by atoms with Gasteiger partial charge in [0, 0.05) is 24.6 Å². The minimum absolute atomic E-state index is 0.0510. The Morgan fingerprint density at radius 1 is 1.11 bits per heavy atom. The molecular weight excluding hydrogens is 355 g/mol. The van der Waals surface area contributed by atoms with E-state index in [0.717, 1.165) is 4.57 Å². The van der Waals surface area contributed by atoms with Gasteiger partial charge in [0.2, 0.25) is 0 Å². The molecule has 2 heterocycles. The molecule has 0 amide bonds. The van der Waals surface area contributed by atoms with Crippen molar-refractivity contribution in [3.63, 3.8) is 0 Å². The molecule has 0 atom stereocenters. The van der Waals surface area contributed by atoms with Gasteiger partial charge >= 0.3 is 5.69 Å². The fourth-order valence-electron chi connectivity index (χ4n) is 3.01. The number of benzene rings is 2. The van der Waals surface area contributed by atoms with E-state index >= 15 is 0 Å². The van der Waals surface area contributed by atoms with Crippen LogP contribution in [0.25, 0.3) is 28.0 Å². The molecule has 2 aliphatic rings. The summed E-state index contributed by atoms with van der Waals surface area (Å²) in [7, 11) is 1.29. The number of halogens is 1. The van der Waals surface area contributed by atoms with E-state index in [-0.39, 0.29) is 17.1 Å². The van der Waals surface area contributed by atoms with Gasteiger partial charge in [-0.1, -0.05) is 6.07 Å². The lowest BCUT2D eigenvalue weighted by molar-refractivity contribution is -0.384. The van der Waals surface area contributed by atoms with Gasteiger partial charge in [0.25, 0.3) is 11.2 Å². The maximum atomic E-state index is 13.8. The SMILES string of the molecule is Cn1c(=O)nc2n(-c3cccc(F)c3)c3ccc([N+](=O)[O-])cc3cc-2c1=O. The molecule has 0 unspecified atom stereocenters. The summed E-state index contributed by atoms with van der Waals surface area (Å²) in [5.41, 5.74) is -0.631. The van der Waals surface area contributed by atoms with Crippen molar-refractivity contribution < 1.29 is 9.31 Å². The van der Waals surface area contributed by atoms with Gasteiger partial charge in [-0.2, -0.15) is 4.98 Å². The smallest absolute Gasteiger partial charge is 0.293 e. The van der Waals surface area contributed by atoms with Gasteiger partial charge in [-0.15, -0.1) is 0 Å². The molecule has 27 heavy (non-hydrogen) atoms. The van der Waals surface area contributed by atoms with Crippen molar-refractivity contribution in [2.75, 3.05) is 0 Å². The van der Waals surface area contributed by atoms with Crippen LogP contribution in [0.15, 0.2) is 58.1 Å². The standard InChI is InChI=1S/C18H11FN4O4/c1-21-17(24)14-8-10-7-13(23(26)27)5-6-15(10)22(16(14)20-18(21)25)12-4-2-3-11(19)9-12/h2-9H,1H3. The van der Waals surface area contributed by atoms with Crippen LogP contribution >= 0.6 is 0 Å². The highest BCUT2D eigenvalue weighted by Gasteiger charge is 2.21. The Balaban J connectivity index is 2.25. The molecule has 8 nitrogen and oxygen atoms in total. The van der Waals surface area contributed by atoms with E-state index in [1.165, 1.54) is 54.1 Å². The van der Waals surface area contributed by atoms with Gasteiger partial charge in [-0.25, -0.2) is 9.18 Å². The third-order valence-corrected chi connectivity index (χ3v) is 4.31. The number of rotatable bonds is 2. The highest BCUT2D eigenvalue weighted by Crippen LogP contribution is 2.30. The highest BCUT2D eigenvalue weighted by atomic mass is 19.1. The largest absolute Gasteiger partial charge is 0.352 e. The molecule has 2 aromatic rings. The van der Waals surface area contributed by atoms with E-state index in [4.69, 9.17) is 0 Å². The van der Waals surface area contributed by atoms with Crippen LogP contribution in [-0.4, -0.2) is 19.0 Å². The van der Waals surface area contributed by atoms with Crippen LogP contribution in [0.3, 0.4) is 0 Å². The molecule has 2 aromatic carbocycles. The number of nitrogens with zero attached hydrogens (tertiary/aromatic N) is 4. The van der Waals surface area contributed by atoms with Gasteiger partial charge in [0.1, 0.15) is 5.82 Å². The topological polar surface area (TPSA) is 100 Å². The minimum atomic E-state index is -0.751. The lowest BCUT2D eigenvalue weighted by atomic mass is 10.1. The summed E-state index contributed by atoms with van der Waals surface area (Å²) in [4.78, 5) is 39.1. The number of fused-ring (bicyclic) bond motifs is 2. The molecule has 134 valence electrons.